The van der Waals surface area contributed by atoms with Crippen LogP contribution in [0.3, 0.4) is 0 Å². The Morgan fingerprint density at radius 3 is 2.69 bits per heavy atom. The van der Waals surface area contributed by atoms with Gasteiger partial charge in [0.15, 0.2) is 0 Å². The number of hydrogen-bond donors (Lipinski definition) is 1. The van der Waals surface area contributed by atoms with Crippen molar-refractivity contribution in [3.8, 4) is 0 Å². The minimum Gasteiger partial charge on any atom is -0.329 e. The minimum atomic E-state index is 0.268. The fourth-order valence-electron chi connectivity index (χ4n) is 3.16. The van der Waals surface area contributed by atoms with Crippen molar-refractivity contribution in [3.05, 3.63) is 0 Å². The van der Waals surface area contributed by atoms with Gasteiger partial charge in [-0.2, -0.15) is 0 Å². The molecule has 0 aromatic rings. The molecule has 0 bridgehead atoms. The fraction of sp³-hybridized carbons (Fsp3) is 1.00. The van der Waals surface area contributed by atoms with Gasteiger partial charge in [-0.05, 0) is 51.7 Å². The van der Waals surface area contributed by atoms with Crippen LogP contribution in [-0.2, 0) is 0 Å². The van der Waals surface area contributed by atoms with Gasteiger partial charge in [-0.25, -0.2) is 0 Å². The lowest BCUT2D eigenvalue weighted by molar-refractivity contribution is 0.0261. The largest absolute Gasteiger partial charge is 0.329 e. The Bertz CT molecular complexity index is 227. The van der Waals surface area contributed by atoms with Crippen LogP contribution in [0.15, 0.2) is 0 Å². The van der Waals surface area contributed by atoms with Crippen LogP contribution in [0.5, 0.6) is 0 Å². The lowest BCUT2D eigenvalue weighted by Crippen LogP contribution is -2.62. The zero-order valence-corrected chi connectivity index (χ0v) is 10.9. The number of rotatable bonds is 5. The molecule has 2 aliphatic rings. The standard InChI is InChI=1S/C13H27N3/c1-3-16(9-12-5-6-12)13(10-14)7-4-8-15(2)11-13/h12H,3-11,14H2,1-2H3. The van der Waals surface area contributed by atoms with Crippen molar-refractivity contribution in [1.29, 1.82) is 0 Å². The summed E-state index contributed by atoms with van der Waals surface area (Å²) in [6.07, 6.45) is 5.46. The molecule has 1 unspecified atom stereocenters. The Labute approximate surface area is 100.0 Å². The number of hydrogen-bond acceptors (Lipinski definition) is 3. The van der Waals surface area contributed by atoms with E-state index in [0.717, 1.165) is 25.6 Å². The summed E-state index contributed by atoms with van der Waals surface area (Å²) in [5.74, 6) is 0.968. The maximum Gasteiger partial charge on any atom is 0.0458 e. The van der Waals surface area contributed by atoms with Gasteiger partial charge in [-0.3, -0.25) is 4.90 Å². The molecule has 2 rings (SSSR count). The summed E-state index contributed by atoms with van der Waals surface area (Å²) in [5, 5.41) is 0. The van der Waals surface area contributed by atoms with Crippen molar-refractivity contribution < 1.29 is 0 Å². The topological polar surface area (TPSA) is 32.5 Å². The number of likely N-dealkylation sites (tertiary alicyclic amines) is 1. The number of piperidine rings is 1. The molecule has 94 valence electrons. The van der Waals surface area contributed by atoms with Crippen LogP contribution >= 0.6 is 0 Å². The first kappa shape index (κ1) is 12.3. The molecule has 16 heavy (non-hydrogen) atoms. The molecule has 3 nitrogen and oxygen atoms in total. The highest BCUT2D eigenvalue weighted by atomic mass is 15.3. The van der Waals surface area contributed by atoms with Gasteiger partial charge >= 0.3 is 0 Å². The molecule has 0 aromatic carbocycles. The summed E-state index contributed by atoms with van der Waals surface area (Å²) >= 11 is 0. The van der Waals surface area contributed by atoms with Crippen LogP contribution in [-0.4, -0.2) is 55.1 Å². The van der Waals surface area contributed by atoms with E-state index in [0.29, 0.717) is 0 Å². The molecular formula is C13H27N3. The van der Waals surface area contributed by atoms with Gasteiger partial charge in [0, 0.05) is 25.2 Å². The predicted molar refractivity (Wildman–Crippen MR) is 68.5 cm³/mol. The number of nitrogens with two attached hydrogens (primary N) is 1. The average molecular weight is 225 g/mol. The van der Waals surface area contributed by atoms with Gasteiger partial charge in [0.2, 0.25) is 0 Å². The predicted octanol–water partition coefficient (Wildman–Crippen LogP) is 1.14. The van der Waals surface area contributed by atoms with E-state index in [9.17, 15) is 0 Å². The van der Waals surface area contributed by atoms with E-state index in [2.05, 4.69) is 23.8 Å². The Morgan fingerprint density at radius 1 is 1.44 bits per heavy atom. The number of likely N-dealkylation sites (N-methyl/N-ethyl adjacent to an activating group) is 2. The van der Waals surface area contributed by atoms with Gasteiger partial charge in [-0.1, -0.05) is 6.92 Å². The summed E-state index contributed by atoms with van der Waals surface area (Å²) < 4.78 is 0. The van der Waals surface area contributed by atoms with Crippen LogP contribution in [0.25, 0.3) is 0 Å². The molecular weight excluding hydrogens is 198 g/mol. The third-order valence-corrected chi connectivity index (χ3v) is 4.35. The van der Waals surface area contributed by atoms with Crippen molar-refractivity contribution in [3.63, 3.8) is 0 Å². The molecule has 1 aliphatic heterocycles. The molecule has 0 aromatic heterocycles. The highest BCUT2D eigenvalue weighted by Crippen LogP contribution is 2.34. The van der Waals surface area contributed by atoms with Gasteiger partial charge < -0.3 is 10.6 Å². The Morgan fingerprint density at radius 2 is 2.19 bits per heavy atom. The summed E-state index contributed by atoms with van der Waals surface area (Å²) in [4.78, 5) is 5.12. The third-order valence-electron chi connectivity index (χ3n) is 4.35. The second kappa shape index (κ2) is 5.03. The van der Waals surface area contributed by atoms with E-state index in [-0.39, 0.29) is 5.54 Å². The van der Waals surface area contributed by atoms with Crippen LogP contribution in [0.1, 0.15) is 32.6 Å². The molecule has 0 amide bonds. The van der Waals surface area contributed by atoms with Crippen molar-refractivity contribution in [2.45, 2.75) is 38.1 Å². The van der Waals surface area contributed by atoms with Crippen molar-refractivity contribution in [2.75, 3.05) is 39.8 Å². The van der Waals surface area contributed by atoms with Crippen LogP contribution in [0.2, 0.25) is 0 Å². The smallest absolute Gasteiger partial charge is 0.0458 e. The second-order valence-electron chi connectivity index (χ2n) is 5.75. The molecule has 0 radical (unpaired) electrons. The van der Waals surface area contributed by atoms with Crippen LogP contribution < -0.4 is 5.73 Å². The quantitative estimate of drug-likeness (QED) is 0.761. The number of nitrogens with zero attached hydrogens (tertiary/aromatic N) is 2. The molecule has 0 spiro atoms. The summed E-state index contributed by atoms with van der Waals surface area (Å²) in [5.41, 5.74) is 6.37. The minimum absolute atomic E-state index is 0.268. The molecule has 2 fully saturated rings. The van der Waals surface area contributed by atoms with Crippen molar-refractivity contribution >= 4 is 0 Å². The Balaban J connectivity index is 2.03. The van der Waals surface area contributed by atoms with E-state index < -0.39 is 0 Å². The molecule has 1 saturated carbocycles. The summed E-state index contributed by atoms with van der Waals surface area (Å²) in [6, 6.07) is 0. The van der Waals surface area contributed by atoms with E-state index in [1.54, 1.807) is 0 Å². The molecule has 1 atom stereocenters. The van der Waals surface area contributed by atoms with E-state index in [4.69, 9.17) is 5.73 Å². The molecule has 1 saturated heterocycles. The first-order valence-corrected chi connectivity index (χ1v) is 6.84. The first-order valence-electron chi connectivity index (χ1n) is 6.84. The van der Waals surface area contributed by atoms with Gasteiger partial charge in [0.25, 0.3) is 0 Å². The maximum absolute atomic E-state index is 6.10. The highest BCUT2D eigenvalue weighted by molar-refractivity contribution is 4.98. The van der Waals surface area contributed by atoms with E-state index >= 15 is 0 Å². The highest BCUT2D eigenvalue weighted by Gasteiger charge is 2.40. The fourth-order valence-corrected chi connectivity index (χ4v) is 3.16. The molecule has 1 aliphatic carbocycles. The lowest BCUT2D eigenvalue weighted by atomic mass is 9.87. The van der Waals surface area contributed by atoms with Crippen molar-refractivity contribution in [2.24, 2.45) is 11.7 Å². The van der Waals surface area contributed by atoms with Crippen LogP contribution in [0, 0.1) is 5.92 Å². The maximum atomic E-state index is 6.10. The second-order valence-corrected chi connectivity index (χ2v) is 5.75. The van der Waals surface area contributed by atoms with Crippen molar-refractivity contribution in [1.82, 2.24) is 9.80 Å². The van der Waals surface area contributed by atoms with Gasteiger partial charge in [0.05, 0.1) is 0 Å². The lowest BCUT2D eigenvalue weighted by Gasteiger charge is -2.48. The Kier molecular flexibility index (Phi) is 3.88. The average Bonchev–Trinajstić information content (AvgIpc) is 3.09. The molecule has 2 N–H and O–H groups in total. The van der Waals surface area contributed by atoms with E-state index in [1.165, 1.54) is 38.8 Å². The SMILES string of the molecule is CCN(CC1CC1)C1(CN)CCCN(C)C1. The van der Waals surface area contributed by atoms with Gasteiger partial charge in [-0.15, -0.1) is 0 Å². The van der Waals surface area contributed by atoms with Crippen LogP contribution in [0.4, 0.5) is 0 Å². The van der Waals surface area contributed by atoms with Gasteiger partial charge in [0.1, 0.15) is 0 Å². The summed E-state index contributed by atoms with van der Waals surface area (Å²) in [7, 11) is 2.23. The monoisotopic (exact) mass is 225 g/mol. The normalized spacial score (nSPS) is 32.2. The zero-order valence-electron chi connectivity index (χ0n) is 10.9. The zero-order chi connectivity index (χ0) is 11.6. The Hall–Kier alpha value is -0.120. The third kappa shape index (κ3) is 2.58. The molecule has 1 heterocycles. The first-order chi connectivity index (χ1) is 7.70. The molecule has 3 heteroatoms. The summed E-state index contributed by atoms with van der Waals surface area (Å²) in [6.45, 7) is 7.93. The van der Waals surface area contributed by atoms with E-state index in [1.807, 2.05) is 0 Å².